The number of hydrogen-bond donors (Lipinski definition) is 0. The third kappa shape index (κ3) is 16.8. The van der Waals surface area contributed by atoms with Gasteiger partial charge in [-0.2, -0.15) is 17.1 Å². The summed E-state index contributed by atoms with van der Waals surface area (Å²) in [6, 6.07) is 11.7. The third-order valence-electron chi connectivity index (χ3n) is 2.95. The largest absolute Gasteiger partial charge is 0.371 e. The topological polar surface area (TPSA) is 62.1 Å². The Balaban J connectivity index is -0.000000221. The van der Waals surface area contributed by atoms with Gasteiger partial charge in [0.15, 0.2) is 0 Å². The van der Waals surface area contributed by atoms with Crippen molar-refractivity contribution in [1.29, 1.82) is 0 Å². The highest BCUT2D eigenvalue weighted by atomic mass is 32.3. The minimum absolute atomic E-state index is 0. The lowest BCUT2D eigenvalue weighted by atomic mass is 10.2. The van der Waals surface area contributed by atoms with Crippen LogP contribution in [0.3, 0.4) is 0 Å². The van der Waals surface area contributed by atoms with Crippen molar-refractivity contribution in [2.75, 3.05) is 14.1 Å². The molecule has 10 heteroatoms. The van der Waals surface area contributed by atoms with E-state index < -0.39 is 20.8 Å². The molecule has 0 aliphatic rings. The highest BCUT2D eigenvalue weighted by Crippen LogP contribution is 2.18. The molecule has 0 spiro atoms. The Kier molecular flexibility index (Phi) is 21.1. The van der Waals surface area contributed by atoms with Crippen LogP contribution in [0.5, 0.6) is 0 Å². The Bertz CT molecular complexity index is 1140. The fourth-order valence-electron chi connectivity index (χ4n) is 1.57. The van der Waals surface area contributed by atoms with Crippen LogP contribution >= 0.6 is 0 Å². The third-order valence-corrected chi connectivity index (χ3v) is 4.71. The molecule has 2 aromatic carbocycles. The van der Waals surface area contributed by atoms with E-state index >= 15 is 0 Å². The molecule has 1 atom stereocenters. The maximum absolute atomic E-state index is 13.3. The van der Waals surface area contributed by atoms with Crippen molar-refractivity contribution in [3.05, 3.63) is 59.7 Å². The molecule has 0 amide bonds. The van der Waals surface area contributed by atoms with E-state index in [4.69, 9.17) is 12.8 Å². The molecule has 0 N–H and O–H groups in total. The molecule has 192 valence electrons. The van der Waals surface area contributed by atoms with Crippen molar-refractivity contribution in [2.45, 2.75) is 42.5 Å². The lowest BCUT2D eigenvalue weighted by Gasteiger charge is -2.07. The first kappa shape index (κ1) is 38.5. The highest BCUT2D eigenvalue weighted by molar-refractivity contribution is 7.86. The number of hydrogen-bond acceptors (Lipinski definition) is 4. The van der Waals surface area contributed by atoms with Gasteiger partial charge in [-0.25, -0.2) is 0 Å². The van der Waals surface area contributed by atoms with Crippen molar-refractivity contribution in [3.63, 3.8) is 0 Å². The molecule has 0 heterocycles. The molecule has 2 rings (SSSR count). The molecule has 0 saturated heterocycles. The van der Waals surface area contributed by atoms with Gasteiger partial charge in [0.2, 0.25) is 0 Å². The summed E-state index contributed by atoms with van der Waals surface area (Å²) in [5.41, 5.74) is 1.48. The quantitative estimate of drug-likeness (QED) is 0.305. The fourth-order valence-corrected chi connectivity index (χ4v) is 2.48. The summed E-state index contributed by atoms with van der Waals surface area (Å²) in [6.45, 7) is 4.25. The van der Waals surface area contributed by atoms with E-state index in [0.29, 0.717) is 16.8 Å². The van der Waals surface area contributed by atoms with Gasteiger partial charge in [-0.15, -0.1) is 21.1 Å². The molecule has 0 fully saturated rings. The SMILES string of the molecule is C.C.C.C#Cc1ccc(N=S(=O)(F)F)cc1.C#Cc1ccc(N=S(=O)(F)N(C)C)cc1.CCC. The van der Waals surface area contributed by atoms with Crippen molar-refractivity contribution in [3.8, 4) is 24.7 Å². The van der Waals surface area contributed by atoms with Gasteiger partial charge < -0.3 is 0 Å². The molecular weight excluding hydrogens is 483 g/mol. The molecular formula is C24H36F3N3O2S2. The van der Waals surface area contributed by atoms with Gasteiger partial charge in [-0.05, 0) is 48.5 Å². The molecule has 0 radical (unpaired) electrons. The van der Waals surface area contributed by atoms with Gasteiger partial charge in [-0.3, -0.25) is 0 Å². The second-order valence-electron chi connectivity index (χ2n) is 5.91. The number of halogens is 3. The first-order chi connectivity index (χ1) is 14.4. The molecule has 0 saturated carbocycles. The summed E-state index contributed by atoms with van der Waals surface area (Å²) in [7, 11) is -6.16. The number of rotatable bonds is 3. The maximum Gasteiger partial charge on any atom is 0.371 e. The predicted octanol–water partition coefficient (Wildman–Crippen LogP) is 7.99. The standard InChI is InChI=1S/C10H11FN2OS.C8H5F2NOS.C3H8.3CH4/c1-4-9-5-7-10(8-6-9)12-15(11,14)13(2)3;1-2-7-3-5-8(6-4-7)11-13(9,10)12;1-3-2;;;/h1,5-8H,2-3H3;1,3-6H;3H2,1-2H3;3*1H4. The van der Waals surface area contributed by atoms with Crippen molar-refractivity contribution in [1.82, 2.24) is 4.31 Å². The van der Waals surface area contributed by atoms with Gasteiger partial charge in [0, 0.05) is 25.2 Å². The number of terminal acetylenes is 2. The lowest BCUT2D eigenvalue weighted by Crippen LogP contribution is -2.16. The average Bonchev–Trinajstić information content (AvgIpc) is 2.69. The Morgan fingerprint density at radius 1 is 0.765 bits per heavy atom. The molecule has 0 aliphatic carbocycles. The van der Waals surface area contributed by atoms with Crippen LogP contribution in [0, 0.1) is 24.7 Å². The van der Waals surface area contributed by atoms with Gasteiger partial charge in [0.05, 0.1) is 11.4 Å². The number of benzene rings is 2. The predicted molar refractivity (Wildman–Crippen MR) is 142 cm³/mol. The summed E-state index contributed by atoms with van der Waals surface area (Å²) in [4.78, 5) is 0. The van der Waals surface area contributed by atoms with Crippen molar-refractivity contribution < 1.29 is 20.1 Å². The maximum atomic E-state index is 13.3. The van der Waals surface area contributed by atoms with E-state index in [9.17, 15) is 20.1 Å². The fraction of sp³-hybridized carbons (Fsp3) is 0.333. The Labute approximate surface area is 206 Å². The van der Waals surface area contributed by atoms with Crippen molar-refractivity contribution >= 4 is 32.2 Å². The normalized spacial score (nSPS) is 10.9. The summed E-state index contributed by atoms with van der Waals surface area (Å²) in [5, 5.41) is 0. The Morgan fingerprint density at radius 2 is 1.06 bits per heavy atom. The van der Waals surface area contributed by atoms with E-state index in [2.05, 4.69) is 34.4 Å². The molecule has 34 heavy (non-hydrogen) atoms. The van der Waals surface area contributed by atoms with Crippen LogP contribution < -0.4 is 0 Å². The first-order valence-electron chi connectivity index (χ1n) is 8.82. The van der Waals surface area contributed by atoms with Crippen LogP contribution in [0.4, 0.5) is 23.0 Å². The summed E-state index contributed by atoms with van der Waals surface area (Å²) >= 11 is 0. The summed E-state index contributed by atoms with van der Waals surface area (Å²) in [6.07, 6.45) is 11.4. The minimum Gasteiger partial charge on any atom is -0.199 e. The molecule has 1 unspecified atom stereocenters. The first-order valence-corrected chi connectivity index (χ1v) is 11.5. The molecule has 0 aliphatic heterocycles. The monoisotopic (exact) mass is 519 g/mol. The molecule has 2 aromatic rings. The zero-order chi connectivity index (χ0) is 24.1. The van der Waals surface area contributed by atoms with Crippen LogP contribution in [0.25, 0.3) is 0 Å². The Hall–Kier alpha value is -2.79. The average molecular weight is 520 g/mol. The van der Waals surface area contributed by atoms with Gasteiger partial charge >= 0.3 is 10.5 Å². The Morgan fingerprint density at radius 3 is 1.29 bits per heavy atom. The lowest BCUT2D eigenvalue weighted by molar-refractivity contribution is 0.546. The minimum atomic E-state index is -5.07. The number of nitrogens with zero attached hydrogens (tertiary/aromatic N) is 3. The zero-order valence-electron chi connectivity index (χ0n) is 17.6. The smallest absolute Gasteiger partial charge is 0.199 e. The van der Waals surface area contributed by atoms with Gasteiger partial charge in [0.1, 0.15) is 0 Å². The van der Waals surface area contributed by atoms with Crippen LogP contribution in [0.1, 0.15) is 53.7 Å². The van der Waals surface area contributed by atoms with E-state index in [-0.39, 0.29) is 28.0 Å². The van der Waals surface area contributed by atoms with E-state index in [1.54, 1.807) is 12.1 Å². The van der Waals surface area contributed by atoms with Crippen LogP contribution in [-0.4, -0.2) is 26.8 Å². The van der Waals surface area contributed by atoms with E-state index in [0.717, 1.165) is 4.31 Å². The van der Waals surface area contributed by atoms with Crippen LogP contribution in [0.2, 0.25) is 0 Å². The van der Waals surface area contributed by atoms with Crippen LogP contribution in [0.15, 0.2) is 57.3 Å². The van der Waals surface area contributed by atoms with Crippen LogP contribution in [-0.2, 0) is 20.8 Å². The molecule has 5 nitrogen and oxygen atoms in total. The molecule has 0 bridgehead atoms. The van der Waals surface area contributed by atoms with E-state index in [1.165, 1.54) is 56.9 Å². The van der Waals surface area contributed by atoms with E-state index in [1.807, 2.05) is 0 Å². The molecule has 0 aromatic heterocycles. The van der Waals surface area contributed by atoms with Crippen molar-refractivity contribution in [2.24, 2.45) is 8.73 Å². The van der Waals surface area contributed by atoms with Gasteiger partial charge in [-0.1, -0.05) is 62.2 Å². The zero-order valence-corrected chi connectivity index (χ0v) is 19.2. The highest BCUT2D eigenvalue weighted by Gasteiger charge is 2.09. The van der Waals surface area contributed by atoms with Gasteiger partial charge in [0.25, 0.3) is 10.3 Å². The second kappa shape index (κ2) is 18.6. The summed E-state index contributed by atoms with van der Waals surface area (Å²) in [5.74, 6) is 4.74. The summed E-state index contributed by atoms with van der Waals surface area (Å²) < 4.78 is 65.5. The second-order valence-corrected chi connectivity index (χ2v) is 8.67.